The monoisotopic (exact) mass is 259 g/mol. The molecule has 0 heterocycles. The van der Waals surface area contributed by atoms with E-state index in [2.05, 4.69) is 0 Å². The molecule has 0 saturated carbocycles. The molecule has 1 unspecified atom stereocenters. The number of rotatable bonds is 7. The van der Waals surface area contributed by atoms with Crippen LogP contribution in [-0.4, -0.2) is 32.0 Å². The van der Waals surface area contributed by atoms with E-state index in [9.17, 15) is 0 Å². The Kier molecular flexibility index (Phi) is 6.29. The summed E-state index contributed by atoms with van der Waals surface area (Å²) in [4.78, 5) is 0. The molecule has 1 rings (SSSR count). The van der Waals surface area contributed by atoms with E-state index in [-0.39, 0.29) is 12.7 Å². The lowest BCUT2D eigenvalue weighted by molar-refractivity contribution is 0.0488. The highest BCUT2D eigenvalue weighted by molar-refractivity contribution is 6.32. The SMILES string of the molecule is COc1ccc(C(CN)OCCCO)cc1Cl. The zero-order valence-corrected chi connectivity index (χ0v) is 10.6. The summed E-state index contributed by atoms with van der Waals surface area (Å²) >= 11 is 6.03. The molecule has 5 heteroatoms. The topological polar surface area (TPSA) is 64.7 Å². The normalized spacial score (nSPS) is 12.5. The summed E-state index contributed by atoms with van der Waals surface area (Å²) < 4.78 is 10.6. The van der Waals surface area contributed by atoms with Gasteiger partial charge in [0.05, 0.1) is 18.2 Å². The van der Waals surface area contributed by atoms with E-state index in [1.165, 1.54) is 0 Å². The Morgan fingerprint density at radius 3 is 2.76 bits per heavy atom. The molecule has 3 N–H and O–H groups in total. The van der Waals surface area contributed by atoms with E-state index < -0.39 is 0 Å². The van der Waals surface area contributed by atoms with Crippen LogP contribution >= 0.6 is 11.6 Å². The maximum Gasteiger partial charge on any atom is 0.137 e. The Bertz CT molecular complexity index is 347. The molecule has 0 spiro atoms. The highest BCUT2D eigenvalue weighted by Gasteiger charge is 2.12. The van der Waals surface area contributed by atoms with Crippen LogP contribution in [0, 0.1) is 0 Å². The first kappa shape index (κ1) is 14.3. The second kappa shape index (κ2) is 7.50. The van der Waals surface area contributed by atoms with Crippen molar-refractivity contribution >= 4 is 11.6 Å². The van der Waals surface area contributed by atoms with Gasteiger partial charge in [0, 0.05) is 19.8 Å². The molecule has 4 nitrogen and oxygen atoms in total. The Labute approximate surface area is 106 Å². The second-order valence-electron chi connectivity index (χ2n) is 3.57. The number of methoxy groups -OCH3 is 1. The molecule has 96 valence electrons. The molecule has 0 fully saturated rings. The smallest absolute Gasteiger partial charge is 0.137 e. The lowest BCUT2D eigenvalue weighted by atomic mass is 10.1. The van der Waals surface area contributed by atoms with Crippen molar-refractivity contribution in [1.29, 1.82) is 0 Å². The van der Waals surface area contributed by atoms with E-state index >= 15 is 0 Å². The maximum absolute atomic E-state index is 8.69. The molecular formula is C12H18ClNO3. The average Bonchev–Trinajstić information content (AvgIpc) is 2.35. The third-order valence-electron chi connectivity index (χ3n) is 2.38. The highest BCUT2D eigenvalue weighted by Crippen LogP contribution is 2.28. The summed E-state index contributed by atoms with van der Waals surface area (Å²) in [5.74, 6) is 0.626. The summed E-state index contributed by atoms with van der Waals surface area (Å²) in [6.45, 7) is 0.955. The van der Waals surface area contributed by atoms with Crippen molar-refractivity contribution in [2.45, 2.75) is 12.5 Å². The second-order valence-corrected chi connectivity index (χ2v) is 3.97. The molecule has 0 saturated heterocycles. The van der Waals surface area contributed by atoms with Crippen LogP contribution in [-0.2, 0) is 4.74 Å². The van der Waals surface area contributed by atoms with Crippen molar-refractivity contribution in [2.75, 3.05) is 26.9 Å². The van der Waals surface area contributed by atoms with Crippen molar-refractivity contribution in [3.05, 3.63) is 28.8 Å². The molecule has 0 aromatic heterocycles. The van der Waals surface area contributed by atoms with Gasteiger partial charge in [0.25, 0.3) is 0 Å². The van der Waals surface area contributed by atoms with Gasteiger partial charge in [0.1, 0.15) is 5.75 Å². The minimum atomic E-state index is -0.204. The van der Waals surface area contributed by atoms with Gasteiger partial charge in [-0.05, 0) is 24.1 Å². The van der Waals surface area contributed by atoms with Gasteiger partial charge in [-0.15, -0.1) is 0 Å². The van der Waals surface area contributed by atoms with E-state index in [1.807, 2.05) is 6.07 Å². The van der Waals surface area contributed by atoms with Crippen LogP contribution in [0.25, 0.3) is 0 Å². The quantitative estimate of drug-likeness (QED) is 0.733. The Hall–Kier alpha value is -0.810. The number of nitrogens with two attached hydrogens (primary N) is 1. The first-order chi connectivity index (χ1) is 8.22. The van der Waals surface area contributed by atoms with Crippen molar-refractivity contribution in [2.24, 2.45) is 5.73 Å². The molecule has 1 aromatic rings. The number of ether oxygens (including phenoxy) is 2. The third-order valence-corrected chi connectivity index (χ3v) is 2.68. The molecule has 0 amide bonds. The zero-order valence-electron chi connectivity index (χ0n) is 9.86. The molecule has 0 aliphatic rings. The number of benzene rings is 1. The average molecular weight is 260 g/mol. The molecule has 1 aromatic carbocycles. The van der Waals surface area contributed by atoms with Crippen LogP contribution in [0.4, 0.5) is 0 Å². The minimum absolute atomic E-state index is 0.112. The van der Waals surface area contributed by atoms with Gasteiger partial charge in [0.15, 0.2) is 0 Å². The van der Waals surface area contributed by atoms with E-state index in [0.717, 1.165) is 5.56 Å². The molecule has 17 heavy (non-hydrogen) atoms. The standard InChI is InChI=1S/C12H18ClNO3/c1-16-11-4-3-9(7-10(11)13)12(8-14)17-6-2-5-15/h3-4,7,12,15H,2,5-6,8,14H2,1H3. The fourth-order valence-electron chi connectivity index (χ4n) is 1.47. The fourth-order valence-corrected chi connectivity index (χ4v) is 1.74. The van der Waals surface area contributed by atoms with Crippen LogP contribution in [0.15, 0.2) is 18.2 Å². The largest absolute Gasteiger partial charge is 0.495 e. The van der Waals surface area contributed by atoms with Gasteiger partial charge in [0.2, 0.25) is 0 Å². The summed E-state index contributed by atoms with van der Waals surface area (Å²) in [7, 11) is 1.57. The van der Waals surface area contributed by atoms with E-state index in [4.69, 9.17) is 31.9 Å². The molecule has 0 aliphatic carbocycles. The van der Waals surface area contributed by atoms with Crippen LogP contribution in [0.2, 0.25) is 5.02 Å². The van der Waals surface area contributed by atoms with Crippen LogP contribution in [0.1, 0.15) is 18.1 Å². The molecule has 1 atom stereocenters. The fraction of sp³-hybridized carbons (Fsp3) is 0.500. The van der Waals surface area contributed by atoms with Gasteiger partial charge in [-0.1, -0.05) is 17.7 Å². The van der Waals surface area contributed by atoms with Gasteiger partial charge in [-0.2, -0.15) is 0 Å². The zero-order chi connectivity index (χ0) is 12.7. The first-order valence-corrected chi connectivity index (χ1v) is 5.86. The molecule has 0 bridgehead atoms. The predicted molar refractivity (Wildman–Crippen MR) is 67.5 cm³/mol. The van der Waals surface area contributed by atoms with E-state index in [1.54, 1.807) is 19.2 Å². The van der Waals surface area contributed by atoms with Gasteiger partial charge in [-0.3, -0.25) is 0 Å². The van der Waals surface area contributed by atoms with Crippen LogP contribution in [0.5, 0.6) is 5.75 Å². The van der Waals surface area contributed by atoms with Crippen molar-refractivity contribution < 1.29 is 14.6 Å². The number of hydrogen-bond donors (Lipinski definition) is 2. The lowest BCUT2D eigenvalue weighted by Crippen LogP contribution is -2.16. The van der Waals surface area contributed by atoms with Gasteiger partial charge >= 0.3 is 0 Å². The maximum atomic E-state index is 8.69. The number of hydrogen-bond acceptors (Lipinski definition) is 4. The summed E-state index contributed by atoms with van der Waals surface area (Å²) in [6, 6.07) is 5.45. The van der Waals surface area contributed by atoms with Crippen LogP contribution in [0.3, 0.4) is 0 Å². The van der Waals surface area contributed by atoms with Crippen molar-refractivity contribution in [3.63, 3.8) is 0 Å². The molecule has 0 aliphatic heterocycles. The number of aliphatic hydroxyl groups is 1. The summed E-state index contributed by atoms with van der Waals surface area (Å²) in [6.07, 6.45) is 0.394. The van der Waals surface area contributed by atoms with Crippen molar-refractivity contribution in [1.82, 2.24) is 0 Å². The predicted octanol–water partition coefficient (Wildman–Crippen LogP) is 1.75. The summed E-state index contributed by atoms with van der Waals surface area (Å²) in [5, 5.41) is 9.22. The van der Waals surface area contributed by atoms with Gasteiger partial charge in [-0.25, -0.2) is 0 Å². The van der Waals surface area contributed by atoms with Crippen LogP contribution < -0.4 is 10.5 Å². The molecular weight excluding hydrogens is 242 g/mol. The number of halogens is 1. The Balaban J connectivity index is 2.71. The highest BCUT2D eigenvalue weighted by atomic mass is 35.5. The lowest BCUT2D eigenvalue weighted by Gasteiger charge is -2.17. The van der Waals surface area contributed by atoms with Gasteiger partial charge < -0.3 is 20.3 Å². The van der Waals surface area contributed by atoms with E-state index in [0.29, 0.717) is 30.3 Å². The molecule has 0 radical (unpaired) electrons. The number of aliphatic hydroxyl groups excluding tert-OH is 1. The minimum Gasteiger partial charge on any atom is -0.495 e. The Morgan fingerprint density at radius 2 is 2.24 bits per heavy atom. The first-order valence-electron chi connectivity index (χ1n) is 5.49. The third kappa shape index (κ3) is 4.16. The Morgan fingerprint density at radius 1 is 1.47 bits per heavy atom. The summed E-state index contributed by atoms with van der Waals surface area (Å²) in [5.41, 5.74) is 6.56. The van der Waals surface area contributed by atoms with Crippen molar-refractivity contribution in [3.8, 4) is 5.75 Å².